The largest absolute Gasteiger partial charge is 0.484 e. The Morgan fingerprint density at radius 1 is 1.35 bits per heavy atom. The first-order valence-corrected chi connectivity index (χ1v) is 6.85. The predicted octanol–water partition coefficient (Wildman–Crippen LogP) is 1.05. The van der Waals surface area contributed by atoms with Crippen LogP contribution in [0.3, 0.4) is 0 Å². The first kappa shape index (κ1) is 16.5. The Morgan fingerprint density at radius 3 is 2.50 bits per heavy atom. The van der Waals surface area contributed by atoms with E-state index in [1.165, 1.54) is 0 Å². The first-order valence-electron chi connectivity index (χ1n) is 6.85. The number of benzene rings is 1. The summed E-state index contributed by atoms with van der Waals surface area (Å²) in [5.41, 5.74) is 6.10. The smallest absolute Gasteiger partial charge is 0.255 e. The fourth-order valence-electron chi connectivity index (χ4n) is 1.91. The van der Waals surface area contributed by atoms with Crippen molar-refractivity contribution in [2.75, 3.05) is 13.2 Å². The van der Waals surface area contributed by atoms with Gasteiger partial charge < -0.3 is 20.9 Å². The molecule has 1 unspecified atom stereocenters. The summed E-state index contributed by atoms with van der Waals surface area (Å²) >= 11 is 0. The minimum absolute atomic E-state index is 0.112. The maximum Gasteiger partial charge on any atom is 0.255 e. The summed E-state index contributed by atoms with van der Waals surface area (Å²) in [6.45, 7) is 4.98. The van der Waals surface area contributed by atoms with Gasteiger partial charge in [0.1, 0.15) is 5.75 Å². The fourth-order valence-corrected chi connectivity index (χ4v) is 1.91. The minimum atomic E-state index is -0.491. The number of hydrogen-bond donors (Lipinski definition) is 3. The fraction of sp³-hybridized carbons (Fsp3) is 0.533. The molecule has 0 aromatic heterocycles. The molecule has 0 aliphatic heterocycles. The lowest BCUT2D eigenvalue weighted by molar-refractivity contribution is -0.119. The highest BCUT2D eigenvalue weighted by atomic mass is 16.5. The molecule has 0 bridgehead atoms. The van der Waals surface area contributed by atoms with E-state index >= 15 is 0 Å². The van der Waals surface area contributed by atoms with E-state index in [-0.39, 0.29) is 19.3 Å². The van der Waals surface area contributed by atoms with Crippen molar-refractivity contribution < 1.29 is 14.6 Å². The van der Waals surface area contributed by atoms with Gasteiger partial charge in [-0.25, -0.2) is 0 Å². The van der Waals surface area contributed by atoms with Crippen molar-refractivity contribution in [3.05, 3.63) is 29.8 Å². The van der Waals surface area contributed by atoms with Gasteiger partial charge in [0, 0.05) is 12.6 Å². The monoisotopic (exact) mass is 280 g/mol. The molecule has 20 heavy (non-hydrogen) atoms. The summed E-state index contributed by atoms with van der Waals surface area (Å²) in [4.78, 5) is 10.6. The molecule has 1 aromatic carbocycles. The van der Waals surface area contributed by atoms with Gasteiger partial charge in [0.25, 0.3) is 5.91 Å². The number of nitrogens with two attached hydrogens (primary N) is 1. The van der Waals surface area contributed by atoms with E-state index in [1.807, 2.05) is 12.1 Å². The highest BCUT2D eigenvalue weighted by Gasteiger charge is 2.08. The summed E-state index contributed by atoms with van der Waals surface area (Å²) in [5.74, 6) is 0.674. The van der Waals surface area contributed by atoms with Crippen molar-refractivity contribution in [2.45, 2.75) is 32.9 Å². The molecule has 0 aliphatic rings. The molecule has 1 atom stereocenters. The average Bonchev–Trinajstić information content (AvgIpc) is 2.41. The van der Waals surface area contributed by atoms with E-state index in [2.05, 4.69) is 19.2 Å². The van der Waals surface area contributed by atoms with Crippen LogP contribution in [0, 0.1) is 5.92 Å². The van der Waals surface area contributed by atoms with Crippen LogP contribution < -0.4 is 15.8 Å². The average molecular weight is 280 g/mol. The summed E-state index contributed by atoms with van der Waals surface area (Å²) < 4.78 is 5.19. The van der Waals surface area contributed by atoms with Crippen LogP contribution in [0.25, 0.3) is 0 Å². The number of nitrogens with one attached hydrogen (secondary N) is 1. The number of amides is 1. The molecule has 0 saturated heterocycles. The number of carbonyl (C=O) groups excluding carboxylic acids is 1. The summed E-state index contributed by atoms with van der Waals surface area (Å²) in [5, 5.41) is 12.6. The van der Waals surface area contributed by atoms with Crippen molar-refractivity contribution in [3.63, 3.8) is 0 Å². The van der Waals surface area contributed by atoms with Crippen LogP contribution >= 0.6 is 0 Å². The summed E-state index contributed by atoms with van der Waals surface area (Å²) in [7, 11) is 0. The third-order valence-corrected chi connectivity index (χ3v) is 2.88. The second-order valence-electron chi connectivity index (χ2n) is 5.29. The lowest BCUT2D eigenvalue weighted by Crippen LogP contribution is -2.33. The van der Waals surface area contributed by atoms with Crippen molar-refractivity contribution in [3.8, 4) is 5.75 Å². The van der Waals surface area contributed by atoms with Crippen LogP contribution in [0.4, 0.5) is 0 Å². The van der Waals surface area contributed by atoms with Gasteiger partial charge in [-0.2, -0.15) is 0 Å². The molecular weight excluding hydrogens is 256 g/mol. The number of aliphatic hydroxyl groups is 1. The molecule has 1 amide bonds. The third-order valence-electron chi connectivity index (χ3n) is 2.88. The maximum atomic E-state index is 10.6. The number of hydrogen-bond acceptors (Lipinski definition) is 4. The van der Waals surface area contributed by atoms with Crippen LogP contribution in [0.15, 0.2) is 24.3 Å². The molecule has 0 radical (unpaired) electrons. The molecule has 1 aromatic rings. The van der Waals surface area contributed by atoms with E-state index in [0.29, 0.717) is 18.2 Å². The molecule has 5 nitrogen and oxygen atoms in total. The van der Waals surface area contributed by atoms with Gasteiger partial charge in [-0.3, -0.25) is 4.79 Å². The first-order chi connectivity index (χ1) is 9.51. The number of carbonyl (C=O) groups is 1. The standard InChI is InChI=1S/C15H24N2O3/c1-11(2)7-13(9-18)17-8-12-3-5-14(6-4-12)20-10-15(16)19/h3-6,11,13,17-18H,7-10H2,1-2H3,(H2,16,19). The highest BCUT2D eigenvalue weighted by molar-refractivity contribution is 5.75. The van der Waals surface area contributed by atoms with Gasteiger partial charge in [-0.1, -0.05) is 26.0 Å². The number of aliphatic hydroxyl groups excluding tert-OH is 1. The summed E-state index contributed by atoms with van der Waals surface area (Å²) in [6, 6.07) is 7.56. The quantitative estimate of drug-likeness (QED) is 0.631. The van der Waals surface area contributed by atoms with Gasteiger partial charge in [-0.15, -0.1) is 0 Å². The van der Waals surface area contributed by atoms with Crippen molar-refractivity contribution >= 4 is 5.91 Å². The summed E-state index contributed by atoms with van der Waals surface area (Å²) in [6.07, 6.45) is 0.941. The van der Waals surface area contributed by atoms with Gasteiger partial charge in [0.2, 0.25) is 0 Å². The van der Waals surface area contributed by atoms with Gasteiger partial charge in [0.05, 0.1) is 6.61 Å². The normalized spacial score (nSPS) is 12.4. The van der Waals surface area contributed by atoms with E-state index in [9.17, 15) is 9.90 Å². The Kier molecular flexibility index (Phi) is 7.04. The third kappa shape index (κ3) is 6.54. The molecule has 112 valence electrons. The van der Waals surface area contributed by atoms with E-state index in [0.717, 1.165) is 12.0 Å². The molecule has 5 heteroatoms. The molecule has 4 N–H and O–H groups in total. The zero-order valence-corrected chi connectivity index (χ0v) is 12.1. The molecule has 0 spiro atoms. The second kappa shape index (κ2) is 8.55. The van der Waals surface area contributed by atoms with E-state index in [4.69, 9.17) is 10.5 Å². The molecule has 0 fully saturated rings. The number of ether oxygens (including phenoxy) is 1. The molecule has 0 heterocycles. The van der Waals surface area contributed by atoms with Crippen molar-refractivity contribution in [1.29, 1.82) is 0 Å². The lowest BCUT2D eigenvalue weighted by atomic mass is 10.0. The van der Waals surface area contributed by atoms with Gasteiger partial charge in [-0.05, 0) is 30.0 Å². The van der Waals surface area contributed by atoms with Crippen molar-refractivity contribution in [1.82, 2.24) is 5.32 Å². The van der Waals surface area contributed by atoms with Gasteiger partial charge >= 0.3 is 0 Å². The van der Waals surface area contributed by atoms with E-state index in [1.54, 1.807) is 12.1 Å². The molecular formula is C15H24N2O3. The SMILES string of the molecule is CC(C)CC(CO)NCc1ccc(OCC(N)=O)cc1. The zero-order valence-electron chi connectivity index (χ0n) is 12.1. The Balaban J connectivity index is 2.42. The Hall–Kier alpha value is -1.59. The number of rotatable bonds is 9. The van der Waals surface area contributed by atoms with Crippen LogP contribution in [0.2, 0.25) is 0 Å². The molecule has 0 saturated carbocycles. The Bertz CT molecular complexity index is 404. The molecule has 0 aliphatic carbocycles. The zero-order chi connectivity index (χ0) is 15.0. The Morgan fingerprint density at radius 2 is 2.00 bits per heavy atom. The second-order valence-corrected chi connectivity index (χ2v) is 5.29. The van der Waals surface area contributed by atoms with Gasteiger partial charge in [0.15, 0.2) is 6.61 Å². The number of primary amides is 1. The Labute approximate surface area is 120 Å². The molecule has 1 rings (SSSR count). The predicted molar refractivity (Wildman–Crippen MR) is 78.3 cm³/mol. The van der Waals surface area contributed by atoms with Crippen LogP contribution in [-0.2, 0) is 11.3 Å². The topological polar surface area (TPSA) is 84.6 Å². The lowest BCUT2D eigenvalue weighted by Gasteiger charge is -2.18. The maximum absolute atomic E-state index is 10.6. The van der Waals surface area contributed by atoms with Crippen LogP contribution in [0.5, 0.6) is 5.75 Å². The van der Waals surface area contributed by atoms with E-state index < -0.39 is 5.91 Å². The minimum Gasteiger partial charge on any atom is -0.484 e. The van der Waals surface area contributed by atoms with Crippen molar-refractivity contribution in [2.24, 2.45) is 11.7 Å². The highest BCUT2D eigenvalue weighted by Crippen LogP contribution is 2.12. The van der Waals surface area contributed by atoms with Crippen LogP contribution in [0.1, 0.15) is 25.8 Å². The van der Waals surface area contributed by atoms with Crippen LogP contribution in [-0.4, -0.2) is 30.3 Å².